The van der Waals surface area contributed by atoms with Crippen LogP contribution < -0.4 is 5.32 Å². The van der Waals surface area contributed by atoms with Crippen LogP contribution in [0.25, 0.3) is 0 Å². The molecule has 1 N–H and O–H groups in total. The summed E-state index contributed by atoms with van der Waals surface area (Å²) in [6.45, 7) is 2.42. The van der Waals surface area contributed by atoms with Crippen molar-refractivity contribution in [2.24, 2.45) is 0 Å². The van der Waals surface area contributed by atoms with Gasteiger partial charge in [-0.2, -0.15) is 11.3 Å². The summed E-state index contributed by atoms with van der Waals surface area (Å²) in [5.74, 6) is -0.152. The maximum Gasteiger partial charge on any atom is 0.253 e. The number of hydrogen-bond acceptors (Lipinski definition) is 4. The number of nitrogens with zero attached hydrogens (tertiary/aromatic N) is 2. The van der Waals surface area contributed by atoms with Crippen molar-refractivity contribution in [1.82, 2.24) is 15.1 Å². The van der Waals surface area contributed by atoms with E-state index in [-0.39, 0.29) is 24.1 Å². The van der Waals surface area contributed by atoms with Crippen molar-refractivity contribution >= 4 is 29.1 Å². The van der Waals surface area contributed by atoms with Crippen LogP contribution in [0.3, 0.4) is 0 Å². The molecular formula is C19H21N3O3S. The summed E-state index contributed by atoms with van der Waals surface area (Å²) >= 11 is 1.46. The van der Waals surface area contributed by atoms with Crippen molar-refractivity contribution in [3.05, 3.63) is 58.3 Å². The molecule has 0 radical (unpaired) electrons. The lowest BCUT2D eigenvalue weighted by molar-refractivity contribution is -0.132. The van der Waals surface area contributed by atoms with E-state index in [1.165, 1.54) is 11.3 Å². The first kappa shape index (κ1) is 18.1. The minimum atomic E-state index is -0.155. The van der Waals surface area contributed by atoms with Gasteiger partial charge in [0.1, 0.15) is 0 Å². The lowest BCUT2D eigenvalue weighted by atomic mass is 10.2. The van der Waals surface area contributed by atoms with Gasteiger partial charge in [-0.15, -0.1) is 0 Å². The molecule has 0 saturated carbocycles. The van der Waals surface area contributed by atoms with Crippen molar-refractivity contribution in [3.8, 4) is 0 Å². The molecule has 7 heteroatoms. The van der Waals surface area contributed by atoms with E-state index in [1.807, 2.05) is 23.6 Å². The zero-order chi connectivity index (χ0) is 18.4. The summed E-state index contributed by atoms with van der Waals surface area (Å²) < 4.78 is 0. The Hall–Kier alpha value is -2.67. The molecule has 3 amide bonds. The number of carbonyl (C=O) groups excluding carboxylic acids is 3. The van der Waals surface area contributed by atoms with Crippen LogP contribution >= 0.6 is 11.3 Å². The number of benzene rings is 1. The van der Waals surface area contributed by atoms with Gasteiger partial charge in [-0.3, -0.25) is 14.4 Å². The number of nitrogens with one attached hydrogen (secondary N) is 1. The Kier molecular flexibility index (Phi) is 6.01. The average Bonchev–Trinajstić information content (AvgIpc) is 3.23. The van der Waals surface area contributed by atoms with Gasteiger partial charge in [0.2, 0.25) is 5.91 Å². The van der Waals surface area contributed by atoms with Gasteiger partial charge >= 0.3 is 0 Å². The molecule has 1 aliphatic rings. The third-order valence-corrected chi connectivity index (χ3v) is 5.03. The average molecular weight is 371 g/mol. The summed E-state index contributed by atoms with van der Waals surface area (Å²) in [5, 5.41) is 6.38. The molecule has 2 heterocycles. The number of carbonyl (C=O) groups is 3. The van der Waals surface area contributed by atoms with E-state index in [0.717, 1.165) is 0 Å². The van der Waals surface area contributed by atoms with Crippen LogP contribution in [0.4, 0.5) is 0 Å². The molecule has 0 unspecified atom stereocenters. The summed E-state index contributed by atoms with van der Waals surface area (Å²) in [7, 11) is 0. The van der Waals surface area contributed by atoms with Gasteiger partial charge in [0, 0.05) is 55.7 Å². The van der Waals surface area contributed by atoms with Crippen LogP contribution in [-0.4, -0.2) is 60.2 Å². The van der Waals surface area contributed by atoms with Crippen LogP contribution in [0.1, 0.15) is 27.1 Å². The molecule has 136 valence electrons. The predicted molar refractivity (Wildman–Crippen MR) is 100 cm³/mol. The Morgan fingerprint density at radius 2 is 1.62 bits per heavy atom. The first-order valence-electron chi connectivity index (χ1n) is 8.57. The van der Waals surface area contributed by atoms with Crippen molar-refractivity contribution < 1.29 is 14.4 Å². The summed E-state index contributed by atoms with van der Waals surface area (Å²) in [6.07, 6.45) is 0.266. The lowest BCUT2D eigenvalue weighted by Gasteiger charge is -2.35. The minimum Gasteiger partial charge on any atom is -0.351 e. The van der Waals surface area contributed by atoms with Gasteiger partial charge < -0.3 is 15.1 Å². The van der Waals surface area contributed by atoms with Gasteiger partial charge in [0.05, 0.1) is 0 Å². The number of rotatable bonds is 5. The number of thiophene rings is 1. The third-order valence-electron chi connectivity index (χ3n) is 4.35. The standard InChI is InChI=1S/C19H21N3O3S/c23-17(6-8-20-18(24)16-7-13-26-14-16)21-9-11-22(12-10-21)19(25)15-4-2-1-3-5-15/h1-5,7,13-14H,6,8-12H2,(H,20,24). The second-order valence-corrected chi connectivity index (χ2v) is 6.84. The van der Waals surface area contributed by atoms with Gasteiger partial charge in [-0.25, -0.2) is 0 Å². The zero-order valence-corrected chi connectivity index (χ0v) is 15.2. The van der Waals surface area contributed by atoms with E-state index in [4.69, 9.17) is 0 Å². The van der Waals surface area contributed by atoms with Gasteiger partial charge in [-0.05, 0) is 23.6 Å². The van der Waals surface area contributed by atoms with Crippen molar-refractivity contribution in [3.63, 3.8) is 0 Å². The Morgan fingerprint density at radius 1 is 0.923 bits per heavy atom. The van der Waals surface area contributed by atoms with Crippen molar-refractivity contribution in [2.45, 2.75) is 6.42 Å². The normalized spacial score (nSPS) is 14.2. The lowest BCUT2D eigenvalue weighted by Crippen LogP contribution is -2.51. The Labute approximate surface area is 156 Å². The van der Waals surface area contributed by atoms with E-state index >= 15 is 0 Å². The van der Waals surface area contributed by atoms with E-state index in [0.29, 0.717) is 43.9 Å². The Bertz CT molecular complexity index is 754. The minimum absolute atomic E-state index is 0.000672. The monoisotopic (exact) mass is 371 g/mol. The highest BCUT2D eigenvalue weighted by molar-refractivity contribution is 7.08. The topological polar surface area (TPSA) is 69.7 Å². The van der Waals surface area contributed by atoms with Gasteiger partial charge in [-0.1, -0.05) is 18.2 Å². The highest BCUT2D eigenvalue weighted by Crippen LogP contribution is 2.10. The molecule has 1 aromatic carbocycles. The number of amides is 3. The van der Waals surface area contributed by atoms with E-state index in [2.05, 4.69) is 5.32 Å². The molecule has 0 aliphatic carbocycles. The molecule has 0 spiro atoms. The zero-order valence-electron chi connectivity index (χ0n) is 14.4. The molecule has 1 aromatic heterocycles. The molecule has 0 atom stereocenters. The SMILES string of the molecule is O=C(NCCC(=O)N1CCN(C(=O)c2ccccc2)CC1)c1ccsc1. The fourth-order valence-corrected chi connectivity index (χ4v) is 3.50. The fraction of sp³-hybridized carbons (Fsp3) is 0.316. The number of hydrogen-bond donors (Lipinski definition) is 1. The Balaban J connectivity index is 1.41. The molecule has 0 bridgehead atoms. The van der Waals surface area contributed by atoms with E-state index in [9.17, 15) is 14.4 Å². The fourth-order valence-electron chi connectivity index (χ4n) is 2.86. The number of piperazine rings is 1. The first-order valence-corrected chi connectivity index (χ1v) is 9.52. The van der Waals surface area contributed by atoms with E-state index in [1.54, 1.807) is 33.4 Å². The maximum atomic E-state index is 12.4. The van der Waals surface area contributed by atoms with Crippen LogP contribution in [0, 0.1) is 0 Å². The summed E-state index contributed by atoms with van der Waals surface area (Å²) in [6, 6.07) is 10.9. The molecule has 2 aromatic rings. The van der Waals surface area contributed by atoms with Crippen LogP contribution in [0.5, 0.6) is 0 Å². The van der Waals surface area contributed by atoms with Crippen molar-refractivity contribution in [2.75, 3.05) is 32.7 Å². The van der Waals surface area contributed by atoms with Gasteiger partial charge in [0.15, 0.2) is 0 Å². The van der Waals surface area contributed by atoms with Crippen LogP contribution in [0.15, 0.2) is 47.2 Å². The molecular weight excluding hydrogens is 350 g/mol. The molecule has 26 heavy (non-hydrogen) atoms. The molecule has 1 saturated heterocycles. The smallest absolute Gasteiger partial charge is 0.253 e. The molecule has 6 nitrogen and oxygen atoms in total. The summed E-state index contributed by atoms with van der Waals surface area (Å²) in [4.78, 5) is 40.1. The predicted octanol–water partition coefficient (Wildman–Crippen LogP) is 1.85. The van der Waals surface area contributed by atoms with Gasteiger partial charge in [0.25, 0.3) is 11.8 Å². The molecule has 3 rings (SSSR count). The first-order chi connectivity index (χ1) is 12.6. The highest BCUT2D eigenvalue weighted by atomic mass is 32.1. The quantitative estimate of drug-likeness (QED) is 0.872. The van der Waals surface area contributed by atoms with E-state index < -0.39 is 0 Å². The summed E-state index contributed by atoms with van der Waals surface area (Å²) in [5.41, 5.74) is 1.29. The molecule has 1 fully saturated rings. The molecule has 1 aliphatic heterocycles. The largest absolute Gasteiger partial charge is 0.351 e. The van der Waals surface area contributed by atoms with Crippen LogP contribution in [-0.2, 0) is 4.79 Å². The second kappa shape index (κ2) is 8.62. The third kappa shape index (κ3) is 4.49. The Morgan fingerprint density at radius 3 is 2.27 bits per heavy atom. The highest BCUT2D eigenvalue weighted by Gasteiger charge is 2.24. The van der Waals surface area contributed by atoms with Crippen LogP contribution in [0.2, 0.25) is 0 Å². The van der Waals surface area contributed by atoms with Crippen molar-refractivity contribution in [1.29, 1.82) is 0 Å². The second-order valence-electron chi connectivity index (χ2n) is 6.06. The maximum absolute atomic E-state index is 12.4.